The fourth-order valence-electron chi connectivity index (χ4n) is 1.89. The Morgan fingerprint density at radius 3 is 2.81 bits per heavy atom. The van der Waals surface area contributed by atoms with Gasteiger partial charge in [-0.15, -0.1) is 0 Å². The highest BCUT2D eigenvalue weighted by Gasteiger charge is 2.10. The number of thiophene rings is 1. The molecule has 86 valence electrons. The molecule has 2 rings (SSSR count). The van der Waals surface area contributed by atoms with E-state index in [0.717, 1.165) is 19.4 Å². The van der Waals surface area contributed by atoms with Crippen LogP contribution in [0.3, 0.4) is 0 Å². The summed E-state index contributed by atoms with van der Waals surface area (Å²) in [6.07, 6.45) is 5.68. The summed E-state index contributed by atoms with van der Waals surface area (Å²) in [5.41, 5.74) is 2.68. The highest BCUT2D eigenvalue weighted by atomic mass is 32.1. The highest BCUT2D eigenvalue weighted by Crippen LogP contribution is 2.12. The number of hydrogen-bond donors (Lipinski definition) is 1. The first kappa shape index (κ1) is 11.4. The molecule has 2 aromatic rings. The van der Waals surface area contributed by atoms with Crippen molar-refractivity contribution in [1.29, 1.82) is 0 Å². The Labute approximate surface area is 100 Å². The third-order valence-electron chi connectivity index (χ3n) is 2.62. The van der Waals surface area contributed by atoms with Gasteiger partial charge in [0.05, 0.1) is 12.5 Å². The predicted octanol–water partition coefficient (Wildman–Crippen LogP) is 3.10. The summed E-state index contributed by atoms with van der Waals surface area (Å²) in [4.78, 5) is 0. The van der Waals surface area contributed by atoms with Crippen LogP contribution in [0.1, 0.15) is 18.1 Å². The molecule has 0 saturated carbocycles. The van der Waals surface area contributed by atoms with Crippen LogP contribution in [0.4, 0.5) is 0 Å². The molecule has 0 aromatic carbocycles. The summed E-state index contributed by atoms with van der Waals surface area (Å²) < 4.78 is 5.10. The summed E-state index contributed by atoms with van der Waals surface area (Å²) >= 11 is 1.76. The molecule has 0 spiro atoms. The molecule has 0 radical (unpaired) electrons. The quantitative estimate of drug-likeness (QED) is 0.832. The molecule has 0 aliphatic rings. The van der Waals surface area contributed by atoms with E-state index in [4.69, 9.17) is 4.42 Å². The molecule has 1 unspecified atom stereocenters. The normalized spacial score (nSPS) is 12.8. The van der Waals surface area contributed by atoms with Gasteiger partial charge < -0.3 is 9.73 Å². The Hall–Kier alpha value is -1.06. The van der Waals surface area contributed by atoms with Gasteiger partial charge in [0.2, 0.25) is 0 Å². The molecule has 1 atom stereocenters. The molecule has 2 heterocycles. The molecule has 0 aliphatic heterocycles. The van der Waals surface area contributed by atoms with Crippen LogP contribution in [0.15, 0.2) is 39.8 Å². The molecule has 0 amide bonds. The minimum absolute atomic E-state index is 0.497. The molecular weight excluding hydrogens is 218 g/mol. The average Bonchev–Trinajstić information content (AvgIpc) is 2.91. The first-order chi connectivity index (χ1) is 7.88. The van der Waals surface area contributed by atoms with E-state index in [1.54, 1.807) is 17.6 Å². The van der Waals surface area contributed by atoms with Gasteiger partial charge in [0.25, 0.3) is 0 Å². The summed E-state index contributed by atoms with van der Waals surface area (Å²) in [5.74, 6) is 0. The maximum absolute atomic E-state index is 5.10. The molecule has 0 aliphatic carbocycles. The zero-order valence-corrected chi connectivity index (χ0v) is 10.3. The third kappa shape index (κ3) is 3.22. The van der Waals surface area contributed by atoms with Crippen molar-refractivity contribution in [2.45, 2.75) is 25.8 Å². The second-order valence-electron chi connectivity index (χ2n) is 3.93. The molecule has 1 N–H and O–H groups in total. The Balaban J connectivity index is 1.94. The fourth-order valence-corrected chi connectivity index (χ4v) is 2.57. The topological polar surface area (TPSA) is 25.2 Å². The van der Waals surface area contributed by atoms with Crippen molar-refractivity contribution in [3.63, 3.8) is 0 Å². The lowest BCUT2D eigenvalue weighted by molar-refractivity contribution is 0.514. The smallest absolute Gasteiger partial charge is 0.0935 e. The van der Waals surface area contributed by atoms with Crippen LogP contribution in [-0.2, 0) is 12.8 Å². The molecule has 2 aromatic heterocycles. The van der Waals surface area contributed by atoms with E-state index in [1.807, 2.05) is 12.3 Å². The van der Waals surface area contributed by atoms with E-state index in [-0.39, 0.29) is 0 Å². The zero-order chi connectivity index (χ0) is 11.2. The third-order valence-corrected chi connectivity index (χ3v) is 3.35. The molecular formula is C13H17NOS. The summed E-state index contributed by atoms with van der Waals surface area (Å²) in [6.45, 7) is 3.16. The van der Waals surface area contributed by atoms with Gasteiger partial charge in [-0.1, -0.05) is 6.92 Å². The van der Waals surface area contributed by atoms with Crippen LogP contribution in [0.5, 0.6) is 0 Å². The SMILES string of the molecule is CCNC(Cc1ccoc1)Cc1ccsc1. The standard InChI is InChI=1S/C13H17NOS/c1-2-14-13(7-11-3-5-15-9-11)8-12-4-6-16-10-12/h3-6,9-10,13-14H,2,7-8H2,1H3. The van der Waals surface area contributed by atoms with E-state index < -0.39 is 0 Å². The second-order valence-corrected chi connectivity index (χ2v) is 4.71. The minimum Gasteiger partial charge on any atom is -0.472 e. The van der Waals surface area contributed by atoms with E-state index in [0.29, 0.717) is 6.04 Å². The number of rotatable bonds is 6. The lowest BCUT2D eigenvalue weighted by atomic mass is 10.0. The maximum Gasteiger partial charge on any atom is 0.0935 e. The van der Waals surface area contributed by atoms with Crippen molar-refractivity contribution in [2.75, 3.05) is 6.54 Å². The van der Waals surface area contributed by atoms with Gasteiger partial charge in [0, 0.05) is 6.04 Å². The lowest BCUT2D eigenvalue weighted by Crippen LogP contribution is -2.32. The Bertz CT molecular complexity index is 344. The van der Waals surface area contributed by atoms with Gasteiger partial charge in [-0.05, 0) is 53.4 Å². The van der Waals surface area contributed by atoms with Crippen molar-refractivity contribution in [3.8, 4) is 0 Å². The minimum atomic E-state index is 0.497. The monoisotopic (exact) mass is 235 g/mol. The number of nitrogens with one attached hydrogen (secondary N) is 1. The fraction of sp³-hybridized carbons (Fsp3) is 0.385. The highest BCUT2D eigenvalue weighted by molar-refractivity contribution is 7.07. The number of hydrogen-bond acceptors (Lipinski definition) is 3. The molecule has 2 nitrogen and oxygen atoms in total. The molecule has 0 bridgehead atoms. The van der Waals surface area contributed by atoms with Gasteiger partial charge in [-0.25, -0.2) is 0 Å². The van der Waals surface area contributed by atoms with Gasteiger partial charge in [0.1, 0.15) is 0 Å². The summed E-state index contributed by atoms with van der Waals surface area (Å²) in [6, 6.07) is 4.74. The first-order valence-corrected chi connectivity index (χ1v) is 6.58. The van der Waals surface area contributed by atoms with Gasteiger partial charge in [0.15, 0.2) is 0 Å². The van der Waals surface area contributed by atoms with Crippen LogP contribution in [0.2, 0.25) is 0 Å². The average molecular weight is 235 g/mol. The summed E-state index contributed by atoms with van der Waals surface area (Å²) in [5, 5.41) is 7.88. The lowest BCUT2D eigenvalue weighted by Gasteiger charge is -2.16. The van der Waals surface area contributed by atoms with Crippen LogP contribution in [0, 0.1) is 0 Å². The number of likely N-dealkylation sites (N-methyl/N-ethyl adjacent to an activating group) is 1. The van der Waals surface area contributed by atoms with Gasteiger partial charge in [-0.2, -0.15) is 11.3 Å². The molecule has 3 heteroatoms. The Morgan fingerprint density at radius 1 is 1.31 bits per heavy atom. The van der Waals surface area contributed by atoms with Gasteiger partial charge in [-0.3, -0.25) is 0 Å². The maximum atomic E-state index is 5.10. The second kappa shape index (κ2) is 5.87. The van der Waals surface area contributed by atoms with Crippen LogP contribution >= 0.6 is 11.3 Å². The zero-order valence-electron chi connectivity index (χ0n) is 9.48. The van der Waals surface area contributed by atoms with Crippen molar-refractivity contribution < 1.29 is 4.42 Å². The molecule has 0 saturated heterocycles. The molecule has 0 fully saturated rings. The van der Waals surface area contributed by atoms with Crippen LogP contribution in [-0.4, -0.2) is 12.6 Å². The van der Waals surface area contributed by atoms with E-state index >= 15 is 0 Å². The van der Waals surface area contributed by atoms with Crippen molar-refractivity contribution in [2.24, 2.45) is 0 Å². The number of furan rings is 1. The summed E-state index contributed by atoms with van der Waals surface area (Å²) in [7, 11) is 0. The van der Waals surface area contributed by atoms with Crippen LogP contribution in [0.25, 0.3) is 0 Å². The largest absolute Gasteiger partial charge is 0.472 e. The molecule has 16 heavy (non-hydrogen) atoms. The first-order valence-electron chi connectivity index (χ1n) is 5.64. The van der Waals surface area contributed by atoms with Crippen molar-refractivity contribution in [1.82, 2.24) is 5.32 Å². The van der Waals surface area contributed by atoms with E-state index in [2.05, 4.69) is 29.1 Å². The van der Waals surface area contributed by atoms with Crippen LogP contribution < -0.4 is 5.32 Å². The van der Waals surface area contributed by atoms with Gasteiger partial charge >= 0.3 is 0 Å². The van der Waals surface area contributed by atoms with E-state index in [9.17, 15) is 0 Å². The predicted molar refractivity (Wildman–Crippen MR) is 67.9 cm³/mol. The van der Waals surface area contributed by atoms with Crippen molar-refractivity contribution >= 4 is 11.3 Å². The van der Waals surface area contributed by atoms with Crippen molar-refractivity contribution in [3.05, 3.63) is 46.5 Å². The van der Waals surface area contributed by atoms with E-state index in [1.165, 1.54) is 11.1 Å². The Kier molecular flexibility index (Phi) is 4.19. The Morgan fingerprint density at radius 2 is 2.19 bits per heavy atom.